The number of nitrogens with zero attached hydrogens (tertiary/aromatic N) is 4. The molecule has 6 rings (SSSR count). The lowest BCUT2D eigenvalue weighted by Crippen LogP contribution is -2.13. The molecular formula is C35H37N5O5S. The van der Waals surface area contributed by atoms with Gasteiger partial charge in [0, 0.05) is 32.1 Å². The van der Waals surface area contributed by atoms with Crippen molar-refractivity contribution in [3.63, 3.8) is 0 Å². The minimum Gasteiger partial charge on any atom is -0.478 e. The minimum absolute atomic E-state index is 0.0289. The van der Waals surface area contributed by atoms with E-state index in [4.69, 9.17) is 20.3 Å². The molecule has 0 atom stereocenters. The van der Waals surface area contributed by atoms with Crippen molar-refractivity contribution in [3.8, 4) is 22.5 Å². The van der Waals surface area contributed by atoms with Crippen LogP contribution in [0.3, 0.4) is 0 Å². The molecule has 6 aromatic rings. The van der Waals surface area contributed by atoms with E-state index in [1.165, 1.54) is 0 Å². The molecule has 238 valence electrons. The van der Waals surface area contributed by atoms with Crippen LogP contribution in [0.5, 0.6) is 0 Å². The number of hydrogen-bond donors (Lipinski definition) is 3. The zero-order valence-electron chi connectivity index (χ0n) is 26.0. The number of rotatable bonds is 9. The van der Waals surface area contributed by atoms with E-state index in [0.717, 1.165) is 74.4 Å². The van der Waals surface area contributed by atoms with E-state index in [-0.39, 0.29) is 12.3 Å². The maximum absolute atomic E-state index is 11.7. The summed E-state index contributed by atoms with van der Waals surface area (Å²) < 4.78 is 31.8. The number of carboxylic acid groups (broad SMARTS) is 1. The number of aryl methyl sites for hydroxylation is 3. The molecule has 0 aliphatic rings. The van der Waals surface area contributed by atoms with Crippen LogP contribution < -0.4 is 5.73 Å². The van der Waals surface area contributed by atoms with Gasteiger partial charge in [-0.05, 0) is 65.9 Å². The fraction of sp³-hybridized carbons (Fsp3) is 0.229. The zero-order valence-corrected chi connectivity index (χ0v) is 26.8. The van der Waals surface area contributed by atoms with Gasteiger partial charge >= 0.3 is 5.97 Å². The Morgan fingerprint density at radius 2 is 1.61 bits per heavy atom. The average molecular weight is 640 g/mol. The van der Waals surface area contributed by atoms with E-state index in [1.807, 2.05) is 42.5 Å². The molecule has 4 aromatic carbocycles. The maximum atomic E-state index is 11.7. The molecule has 10 nitrogen and oxygen atoms in total. The molecule has 4 N–H and O–H groups in total. The van der Waals surface area contributed by atoms with Crippen LogP contribution in [-0.2, 0) is 30.1 Å². The molecule has 0 aliphatic carbocycles. The SMILES string of the molecule is CCCc1nc2c(C)cc(-c3nc4ccccc4n3C)cc2n1Cc1ccc(-c2ccccc2C(=O)O)cc1.NCCS(=O)(=O)O. The standard InChI is InChI=1S/C33H30N4O2.C2H7NO3S/c1-4-9-30-35-31-21(2)18-24(32-34-27-12-7-8-13-28(27)36(32)3)19-29(31)37(30)20-22-14-16-23(17-15-22)25-10-5-6-11-26(25)33(38)39;3-1-2-7(4,5)6/h5-8,10-19H,4,9,20H2,1-3H3,(H,38,39);1-3H2,(H,4,5,6). The van der Waals surface area contributed by atoms with Crippen molar-refractivity contribution < 1.29 is 22.9 Å². The van der Waals surface area contributed by atoms with E-state index < -0.39 is 16.1 Å². The Morgan fingerprint density at radius 3 is 2.24 bits per heavy atom. The number of para-hydroxylation sites is 2. The van der Waals surface area contributed by atoms with E-state index in [9.17, 15) is 18.3 Å². The van der Waals surface area contributed by atoms with Crippen LogP contribution in [0.2, 0.25) is 0 Å². The highest BCUT2D eigenvalue weighted by atomic mass is 32.2. The number of carbonyl (C=O) groups is 1. The lowest BCUT2D eigenvalue weighted by atomic mass is 9.98. The van der Waals surface area contributed by atoms with Crippen LogP contribution in [0.15, 0.2) is 84.9 Å². The molecule has 0 saturated carbocycles. The van der Waals surface area contributed by atoms with Crippen molar-refractivity contribution in [1.29, 1.82) is 0 Å². The van der Waals surface area contributed by atoms with E-state index in [0.29, 0.717) is 12.1 Å². The van der Waals surface area contributed by atoms with Gasteiger partial charge < -0.3 is 20.0 Å². The molecule has 0 radical (unpaired) electrons. The molecular weight excluding hydrogens is 602 g/mol. The molecule has 11 heteroatoms. The zero-order chi connectivity index (χ0) is 33.0. The maximum Gasteiger partial charge on any atom is 0.336 e. The summed E-state index contributed by atoms with van der Waals surface area (Å²) in [6.45, 7) is 4.95. The lowest BCUT2D eigenvalue weighted by molar-refractivity contribution is 0.0697. The van der Waals surface area contributed by atoms with Crippen molar-refractivity contribution in [2.24, 2.45) is 12.8 Å². The first-order chi connectivity index (χ1) is 22.0. The Hall–Kier alpha value is -4.84. The van der Waals surface area contributed by atoms with Crippen LogP contribution in [0, 0.1) is 6.92 Å². The highest BCUT2D eigenvalue weighted by molar-refractivity contribution is 7.85. The Kier molecular flexibility index (Phi) is 9.66. The third-order valence-corrected chi connectivity index (χ3v) is 8.53. The van der Waals surface area contributed by atoms with Gasteiger partial charge in [0.25, 0.3) is 10.1 Å². The van der Waals surface area contributed by atoms with Crippen molar-refractivity contribution >= 4 is 38.2 Å². The van der Waals surface area contributed by atoms with Gasteiger partial charge in [-0.2, -0.15) is 8.42 Å². The van der Waals surface area contributed by atoms with Crippen molar-refractivity contribution in [3.05, 3.63) is 107 Å². The summed E-state index contributed by atoms with van der Waals surface area (Å²) in [5.74, 6) is 0.730. The molecule has 0 fully saturated rings. The summed E-state index contributed by atoms with van der Waals surface area (Å²) in [7, 11) is -1.74. The summed E-state index contributed by atoms with van der Waals surface area (Å²) in [5, 5.41) is 9.60. The molecule has 0 aliphatic heterocycles. The van der Waals surface area contributed by atoms with Gasteiger partial charge in [0.15, 0.2) is 0 Å². The second-order valence-corrected chi connectivity index (χ2v) is 12.7. The van der Waals surface area contributed by atoms with Gasteiger partial charge in [0.2, 0.25) is 0 Å². The third kappa shape index (κ3) is 7.02. The first-order valence-corrected chi connectivity index (χ1v) is 16.6. The first-order valence-electron chi connectivity index (χ1n) is 15.0. The normalized spacial score (nSPS) is 11.5. The van der Waals surface area contributed by atoms with Gasteiger partial charge in [-0.25, -0.2) is 14.8 Å². The number of aromatic nitrogens is 4. The summed E-state index contributed by atoms with van der Waals surface area (Å²) in [6.07, 6.45) is 1.89. The number of aromatic carboxylic acids is 1. The topological polar surface area (TPSA) is 153 Å². The Balaban J connectivity index is 0.000000537. The van der Waals surface area contributed by atoms with Gasteiger partial charge in [0.1, 0.15) is 11.6 Å². The lowest BCUT2D eigenvalue weighted by Gasteiger charge is -2.12. The van der Waals surface area contributed by atoms with Crippen molar-refractivity contribution in [2.75, 3.05) is 12.3 Å². The predicted octanol–water partition coefficient (Wildman–Crippen LogP) is 6.10. The van der Waals surface area contributed by atoms with Crippen LogP contribution >= 0.6 is 0 Å². The summed E-state index contributed by atoms with van der Waals surface area (Å²) >= 11 is 0. The predicted molar refractivity (Wildman–Crippen MR) is 182 cm³/mol. The van der Waals surface area contributed by atoms with E-state index >= 15 is 0 Å². The number of carboxylic acids is 1. The molecule has 2 heterocycles. The Labute approximate surface area is 267 Å². The monoisotopic (exact) mass is 639 g/mol. The van der Waals surface area contributed by atoms with E-state index in [1.54, 1.807) is 12.1 Å². The van der Waals surface area contributed by atoms with E-state index in [2.05, 4.69) is 60.4 Å². The largest absolute Gasteiger partial charge is 0.478 e. The van der Waals surface area contributed by atoms with Gasteiger partial charge in [-0.1, -0.05) is 61.5 Å². The number of hydrogen-bond acceptors (Lipinski definition) is 6. The third-order valence-electron chi connectivity index (χ3n) is 7.78. The van der Waals surface area contributed by atoms with Crippen LogP contribution in [-0.4, -0.2) is 55.4 Å². The van der Waals surface area contributed by atoms with Crippen LogP contribution in [0.4, 0.5) is 0 Å². The van der Waals surface area contributed by atoms with Gasteiger partial charge in [0.05, 0.1) is 33.4 Å². The Morgan fingerprint density at radius 1 is 0.913 bits per heavy atom. The number of benzene rings is 4. The molecule has 0 spiro atoms. The highest BCUT2D eigenvalue weighted by Gasteiger charge is 2.17. The number of nitrogens with two attached hydrogens (primary N) is 1. The second-order valence-electron chi connectivity index (χ2n) is 11.1. The summed E-state index contributed by atoms with van der Waals surface area (Å²) in [5.41, 5.74) is 14.2. The fourth-order valence-corrected chi connectivity index (χ4v) is 5.90. The van der Waals surface area contributed by atoms with Crippen LogP contribution in [0.1, 0.15) is 40.7 Å². The van der Waals surface area contributed by atoms with Crippen molar-refractivity contribution in [2.45, 2.75) is 33.2 Å². The summed E-state index contributed by atoms with van der Waals surface area (Å²) in [4.78, 5) is 21.7. The quantitative estimate of drug-likeness (QED) is 0.161. The smallest absolute Gasteiger partial charge is 0.336 e. The molecule has 2 aromatic heterocycles. The minimum atomic E-state index is -3.80. The molecule has 0 amide bonds. The summed E-state index contributed by atoms with van der Waals surface area (Å²) in [6, 6.07) is 27.9. The van der Waals surface area contributed by atoms with Crippen LogP contribution in [0.25, 0.3) is 44.6 Å². The molecule has 0 saturated heterocycles. The average Bonchev–Trinajstić information content (AvgIpc) is 3.55. The fourth-order valence-electron chi connectivity index (χ4n) is 5.61. The van der Waals surface area contributed by atoms with Gasteiger partial charge in [-0.15, -0.1) is 0 Å². The van der Waals surface area contributed by atoms with Gasteiger partial charge in [-0.3, -0.25) is 4.55 Å². The molecule has 46 heavy (non-hydrogen) atoms. The van der Waals surface area contributed by atoms with Crippen molar-refractivity contribution in [1.82, 2.24) is 19.1 Å². The number of imidazole rings is 2. The Bertz CT molecular complexity index is 2130. The molecule has 0 unspecified atom stereocenters. The second kappa shape index (κ2) is 13.7. The highest BCUT2D eigenvalue weighted by Crippen LogP contribution is 2.31. The molecule has 0 bridgehead atoms. The number of fused-ring (bicyclic) bond motifs is 2. The first kappa shape index (κ1) is 32.6.